The fourth-order valence-electron chi connectivity index (χ4n) is 4.34. The van der Waals surface area contributed by atoms with E-state index in [0.29, 0.717) is 31.6 Å². The monoisotopic (exact) mass is 432 g/mol. The first-order valence-electron chi connectivity index (χ1n) is 10.6. The average molecular weight is 433 g/mol. The first kappa shape index (κ1) is 21.0. The Morgan fingerprint density at radius 1 is 1.07 bits per heavy atom. The lowest BCUT2D eigenvalue weighted by atomic mass is 10.1. The predicted octanol–water partition coefficient (Wildman–Crippen LogP) is 0.886. The fraction of sp³-hybridized carbons (Fsp3) is 0.571. The minimum atomic E-state index is -3.13. The van der Waals surface area contributed by atoms with E-state index in [4.69, 9.17) is 0 Å². The second-order valence-electron chi connectivity index (χ2n) is 8.25. The minimum absolute atomic E-state index is 0.0676. The Morgan fingerprint density at radius 3 is 2.60 bits per heavy atom. The molecule has 8 nitrogen and oxygen atoms in total. The largest absolute Gasteiger partial charge is 0.336 e. The van der Waals surface area contributed by atoms with Crippen LogP contribution in [-0.4, -0.2) is 84.5 Å². The molecule has 2 saturated heterocycles. The van der Waals surface area contributed by atoms with E-state index in [9.17, 15) is 18.0 Å². The first-order valence-corrected chi connectivity index (χ1v) is 12.4. The van der Waals surface area contributed by atoms with E-state index in [1.54, 1.807) is 0 Å². The molecule has 9 heteroatoms. The predicted molar refractivity (Wildman–Crippen MR) is 113 cm³/mol. The summed E-state index contributed by atoms with van der Waals surface area (Å²) >= 11 is 0. The number of hydrogen-bond acceptors (Lipinski definition) is 6. The molecule has 0 aromatic heterocycles. The second-order valence-corrected chi connectivity index (χ2v) is 10.5. The molecule has 4 rings (SSSR count). The van der Waals surface area contributed by atoms with E-state index in [0.717, 1.165) is 26.1 Å². The van der Waals surface area contributed by atoms with Crippen molar-refractivity contribution in [2.24, 2.45) is 5.10 Å². The molecule has 0 bridgehead atoms. The zero-order valence-electron chi connectivity index (χ0n) is 17.1. The number of benzene rings is 1. The maximum atomic E-state index is 13.1. The van der Waals surface area contributed by atoms with Gasteiger partial charge in [0, 0.05) is 45.6 Å². The molecule has 0 aliphatic carbocycles. The summed E-state index contributed by atoms with van der Waals surface area (Å²) in [7, 11) is -3.13. The number of hydrogen-bond donors (Lipinski definition) is 0. The molecule has 162 valence electrons. The van der Waals surface area contributed by atoms with Crippen LogP contribution in [0, 0.1) is 0 Å². The number of amides is 2. The highest BCUT2D eigenvalue weighted by Gasteiger charge is 2.38. The summed E-state index contributed by atoms with van der Waals surface area (Å²) in [6, 6.07) is 9.85. The van der Waals surface area contributed by atoms with Crippen LogP contribution in [0.2, 0.25) is 0 Å². The second kappa shape index (κ2) is 8.85. The Bertz CT molecular complexity index is 932. The third-order valence-corrected chi connectivity index (χ3v) is 7.74. The summed E-state index contributed by atoms with van der Waals surface area (Å²) in [5.74, 6) is -0.320. The third-order valence-electron chi connectivity index (χ3n) is 5.99. The quantitative estimate of drug-likeness (QED) is 0.705. The molecule has 0 N–H and O–H groups in total. The molecule has 0 radical (unpaired) electrons. The molecular formula is C21H28N4O4S. The molecule has 0 saturated carbocycles. The first-order chi connectivity index (χ1) is 14.4. The highest BCUT2D eigenvalue weighted by atomic mass is 32.2. The van der Waals surface area contributed by atoms with Crippen LogP contribution in [0.4, 0.5) is 0 Å². The Labute approximate surface area is 177 Å². The van der Waals surface area contributed by atoms with Crippen molar-refractivity contribution in [1.82, 2.24) is 14.8 Å². The molecule has 1 aromatic rings. The molecule has 30 heavy (non-hydrogen) atoms. The Hall–Kier alpha value is -2.26. The zero-order valence-corrected chi connectivity index (χ0v) is 17.9. The average Bonchev–Trinajstić information content (AvgIpc) is 2.94. The SMILES string of the molecule is O=C(C1=NN(C2CCS(=O)(=O)C2)C(=O)CC1)N1CCCN(Cc2ccccc2)CC1. The topological polar surface area (TPSA) is 90.4 Å². The maximum Gasteiger partial charge on any atom is 0.270 e. The van der Waals surface area contributed by atoms with Crippen molar-refractivity contribution < 1.29 is 18.0 Å². The molecule has 1 unspecified atom stereocenters. The maximum absolute atomic E-state index is 13.1. The number of hydrazone groups is 1. The van der Waals surface area contributed by atoms with Crippen molar-refractivity contribution in [1.29, 1.82) is 0 Å². The van der Waals surface area contributed by atoms with E-state index in [-0.39, 0.29) is 29.7 Å². The smallest absolute Gasteiger partial charge is 0.270 e. The van der Waals surface area contributed by atoms with Crippen LogP contribution < -0.4 is 0 Å². The van der Waals surface area contributed by atoms with Crippen molar-refractivity contribution in [2.75, 3.05) is 37.7 Å². The highest BCUT2D eigenvalue weighted by Crippen LogP contribution is 2.23. The standard InChI is InChI=1S/C21H28N4O4S/c26-20-8-7-19(22-25(20)18-9-14-30(28,29)16-18)21(27)24-11-4-10-23(12-13-24)15-17-5-2-1-3-6-17/h1-3,5-6,18H,4,7-16H2. The summed E-state index contributed by atoms with van der Waals surface area (Å²) < 4.78 is 23.6. The van der Waals surface area contributed by atoms with Crippen molar-refractivity contribution in [3.05, 3.63) is 35.9 Å². The van der Waals surface area contributed by atoms with E-state index in [2.05, 4.69) is 22.1 Å². The van der Waals surface area contributed by atoms with Gasteiger partial charge in [0.1, 0.15) is 5.71 Å². The fourth-order valence-corrected chi connectivity index (χ4v) is 6.03. The van der Waals surface area contributed by atoms with Crippen LogP contribution in [0.15, 0.2) is 35.4 Å². The lowest BCUT2D eigenvalue weighted by Crippen LogP contribution is -2.45. The number of carbonyl (C=O) groups excluding carboxylic acids is 2. The van der Waals surface area contributed by atoms with Crippen LogP contribution in [0.25, 0.3) is 0 Å². The van der Waals surface area contributed by atoms with Crippen molar-refractivity contribution in [3.63, 3.8) is 0 Å². The van der Waals surface area contributed by atoms with Gasteiger partial charge in [0.05, 0.1) is 17.5 Å². The van der Waals surface area contributed by atoms with Gasteiger partial charge in [-0.2, -0.15) is 5.10 Å². The van der Waals surface area contributed by atoms with Gasteiger partial charge < -0.3 is 4.90 Å². The van der Waals surface area contributed by atoms with Gasteiger partial charge in [0.15, 0.2) is 9.84 Å². The van der Waals surface area contributed by atoms with Crippen LogP contribution >= 0.6 is 0 Å². The van der Waals surface area contributed by atoms with Crippen LogP contribution in [-0.2, 0) is 26.0 Å². The molecule has 3 heterocycles. The normalized spacial score (nSPS) is 25.1. The third kappa shape index (κ3) is 4.89. The number of carbonyl (C=O) groups is 2. The molecule has 1 atom stereocenters. The van der Waals surface area contributed by atoms with Gasteiger partial charge in [-0.1, -0.05) is 30.3 Å². The molecular weight excluding hydrogens is 404 g/mol. The van der Waals surface area contributed by atoms with Gasteiger partial charge >= 0.3 is 0 Å². The summed E-state index contributed by atoms with van der Waals surface area (Å²) in [5, 5.41) is 5.60. The van der Waals surface area contributed by atoms with Gasteiger partial charge in [0.25, 0.3) is 5.91 Å². The summed E-state index contributed by atoms with van der Waals surface area (Å²) in [5.41, 5.74) is 1.63. The molecule has 1 aromatic carbocycles. The number of nitrogens with zero attached hydrogens (tertiary/aromatic N) is 4. The molecule has 3 aliphatic heterocycles. The Morgan fingerprint density at radius 2 is 1.87 bits per heavy atom. The van der Waals surface area contributed by atoms with Gasteiger partial charge in [0.2, 0.25) is 5.91 Å². The molecule has 3 aliphatic rings. The zero-order chi connectivity index (χ0) is 21.1. The number of sulfone groups is 1. The Balaban J connectivity index is 1.39. The molecule has 2 fully saturated rings. The lowest BCUT2D eigenvalue weighted by molar-refractivity contribution is -0.134. The Kier molecular flexibility index (Phi) is 6.19. The van der Waals surface area contributed by atoms with Gasteiger partial charge in [-0.05, 0) is 18.4 Å². The van der Waals surface area contributed by atoms with E-state index in [1.165, 1.54) is 10.6 Å². The highest BCUT2D eigenvalue weighted by molar-refractivity contribution is 7.91. The van der Waals surface area contributed by atoms with Crippen LogP contribution in [0.1, 0.15) is 31.2 Å². The van der Waals surface area contributed by atoms with E-state index in [1.807, 2.05) is 23.1 Å². The minimum Gasteiger partial charge on any atom is -0.336 e. The number of rotatable bonds is 4. The summed E-state index contributed by atoms with van der Waals surface area (Å²) in [6.45, 7) is 3.86. The van der Waals surface area contributed by atoms with Gasteiger partial charge in [-0.3, -0.25) is 14.5 Å². The van der Waals surface area contributed by atoms with Gasteiger partial charge in [-0.25, -0.2) is 13.4 Å². The lowest BCUT2D eigenvalue weighted by Gasteiger charge is -2.29. The molecule has 0 spiro atoms. The van der Waals surface area contributed by atoms with E-state index >= 15 is 0 Å². The van der Waals surface area contributed by atoms with Crippen molar-refractivity contribution >= 4 is 27.4 Å². The van der Waals surface area contributed by atoms with Crippen LogP contribution in [0.3, 0.4) is 0 Å². The van der Waals surface area contributed by atoms with E-state index < -0.39 is 15.9 Å². The summed E-state index contributed by atoms with van der Waals surface area (Å²) in [4.78, 5) is 29.6. The van der Waals surface area contributed by atoms with Gasteiger partial charge in [-0.15, -0.1) is 0 Å². The van der Waals surface area contributed by atoms with Crippen LogP contribution in [0.5, 0.6) is 0 Å². The molecule has 2 amide bonds. The van der Waals surface area contributed by atoms with Crippen molar-refractivity contribution in [3.8, 4) is 0 Å². The van der Waals surface area contributed by atoms with Crippen molar-refractivity contribution in [2.45, 2.75) is 38.3 Å². The summed E-state index contributed by atoms with van der Waals surface area (Å²) in [6.07, 6.45) is 1.79.